The smallest absolute Gasteiger partial charge is 0.335 e. The van der Waals surface area contributed by atoms with Crippen LogP contribution in [0.1, 0.15) is 48.4 Å². The van der Waals surface area contributed by atoms with Crippen LogP contribution in [-0.4, -0.2) is 21.2 Å². The van der Waals surface area contributed by atoms with Crippen LogP contribution < -0.4 is 0 Å². The van der Waals surface area contributed by atoms with Crippen molar-refractivity contribution in [1.82, 2.24) is 10.1 Å². The molecule has 2 aromatic rings. The minimum atomic E-state index is -0.914. The number of rotatable bonds is 4. The molecule has 112 valence electrons. The summed E-state index contributed by atoms with van der Waals surface area (Å²) in [5.74, 6) is 0.823. The van der Waals surface area contributed by atoms with Gasteiger partial charge in [0.05, 0.1) is 11.3 Å². The molecule has 6 heteroatoms. The Kier molecular flexibility index (Phi) is 4.37. The van der Waals surface area contributed by atoms with Gasteiger partial charge in [-0.15, -0.1) is 11.8 Å². The lowest BCUT2D eigenvalue weighted by atomic mass is 9.96. The fraction of sp³-hybridized carbons (Fsp3) is 0.400. The number of nitrogens with zero attached hydrogens (tertiary/aromatic N) is 2. The Bertz CT molecular complexity index is 659. The molecular formula is C15H18N2O3S. The maximum absolute atomic E-state index is 11.1. The minimum absolute atomic E-state index is 0.146. The van der Waals surface area contributed by atoms with Gasteiger partial charge >= 0.3 is 5.97 Å². The standard InChI is InChI=1S/C15H18N2O3S/c1-9-5-6-10(7-11(9)13(18)19)21-8-12-16-14(17-20-12)15(2,3)4/h5-7H,8H2,1-4H3,(H,18,19). The molecule has 0 amide bonds. The lowest BCUT2D eigenvalue weighted by molar-refractivity contribution is 0.0696. The van der Waals surface area contributed by atoms with Gasteiger partial charge in [-0.1, -0.05) is 32.0 Å². The summed E-state index contributed by atoms with van der Waals surface area (Å²) in [6.07, 6.45) is 0. The molecule has 21 heavy (non-hydrogen) atoms. The number of carbonyl (C=O) groups is 1. The number of hydrogen-bond donors (Lipinski definition) is 1. The maximum Gasteiger partial charge on any atom is 0.335 e. The van der Waals surface area contributed by atoms with Gasteiger partial charge in [-0.25, -0.2) is 4.79 Å². The first-order valence-corrected chi connectivity index (χ1v) is 7.56. The summed E-state index contributed by atoms with van der Waals surface area (Å²) in [5, 5.41) is 13.1. The Balaban J connectivity index is 2.08. The van der Waals surface area contributed by atoms with E-state index >= 15 is 0 Å². The first kappa shape index (κ1) is 15.6. The van der Waals surface area contributed by atoms with Crippen molar-refractivity contribution in [1.29, 1.82) is 0 Å². The number of hydrogen-bond acceptors (Lipinski definition) is 5. The Labute approximate surface area is 127 Å². The van der Waals surface area contributed by atoms with Crippen molar-refractivity contribution in [3.05, 3.63) is 41.0 Å². The van der Waals surface area contributed by atoms with E-state index in [2.05, 4.69) is 10.1 Å². The third-order valence-corrected chi connectivity index (χ3v) is 3.92. The largest absolute Gasteiger partial charge is 0.478 e. The van der Waals surface area contributed by atoms with E-state index < -0.39 is 5.97 Å². The highest BCUT2D eigenvalue weighted by atomic mass is 32.2. The summed E-state index contributed by atoms with van der Waals surface area (Å²) in [6, 6.07) is 5.37. The predicted molar refractivity (Wildman–Crippen MR) is 80.7 cm³/mol. The summed E-state index contributed by atoms with van der Waals surface area (Å²) < 4.78 is 5.22. The Morgan fingerprint density at radius 1 is 1.38 bits per heavy atom. The van der Waals surface area contributed by atoms with Gasteiger partial charge in [0.1, 0.15) is 0 Å². The number of thioether (sulfide) groups is 1. The monoisotopic (exact) mass is 306 g/mol. The Morgan fingerprint density at radius 2 is 2.10 bits per heavy atom. The van der Waals surface area contributed by atoms with Gasteiger partial charge < -0.3 is 9.63 Å². The van der Waals surface area contributed by atoms with Gasteiger partial charge in [-0.2, -0.15) is 4.98 Å². The Morgan fingerprint density at radius 3 is 2.67 bits per heavy atom. The van der Waals surface area contributed by atoms with Crippen LogP contribution in [0.3, 0.4) is 0 Å². The number of aromatic nitrogens is 2. The molecule has 5 nitrogen and oxygen atoms in total. The lowest BCUT2D eigenvalue weighted by Crippen LogP contribution is -2.13. The zero-order valence-electron chi connectivity index (χ0n) is 12.5. The average molecular weight is 306 g/mol. The zero-order valence-corrected chi connectivity index (χ0v) is 13.3. The SMILES string of the molecule is Cc1ccc(SCc2nc(C(C)(C)C)no2)cc1C(=O)O. The van der Waals surface area contributed by atoms with E-state index in [1.807, 2.05) is 26.8 Å². The van der Waals surface area contributed by atoms with Crippen molar-refractivity contribution in [3.63, 3.8) is 0 Å². The molecule has 0 saturated heterocycles. The summed E-state index contributed by atoms with van der Waals surface area (Å²) in [5.41, 5.74) is 0.924. The van der Waals surface area contributed by atoms with Gasteiger partial charge in [0.15, 0.2) is 5.82 Å². The summed E-state index contributed by atoms with van der Waals surface area (Å²) in [7, 11) is 0. The quantitative estimate of drug-likeness (QED) is 0.869. The maximum atomic E-state index is 11.1. The number of aromatic carboxylic acids is 1. The molecule has 0 aliphatic carbocycles. The second kappa shape index (κ2) is 5.89. The van der Waals surface area contributed by atoms with Gasteiger partial charge in [-0.3, -0.25) is 0 Å². The number of carboxylic acid groups (broad SMARTS) is 1. The van der Waals surface area contributed by atoms with Crippen LogP contribution in [0.4, 0.5) is 0 Å². The number of aryl methyl sites for hydroxylation is 1. The van der Waals surface area contributed by atoms with Crippen LogP contribution in [-0.2, 0) is 11.2 Å². The van der Waals surface area contributed by atoms with Crippen molar-refractivity contribution in [2.75, 3.05) is 0 Å². The van der Waals surface area contributed by atoms with Gasteiger partial charge in [0, 0.05) is 10.3 Å². The topological polar surface area (TPSA) is 76.2 Å². The fourth-order valence-corrected chi connectivity index (χ4v) is 2.46. The summed E-state index contributed by atoms with van der Waals surface area (Å²) in [4.78, 5) is 16.3. The van der Waals surface area contributed by atoms with Crippen molar-refractivity contribution < 1.29 is 14.4 Å². The normalized spacial score (nSPS) is 11.6. The predicted octanol–water partition coefficient (Wildman–Crippen LogP) is 3.67. The average Bonchev–Trinajstić information content (AvgIpc) is 2.86. The van der Waals surface area contributed by atoms with Crippen LogP contribution >= 0.6 is 11.8 Å². The zero-order chi connectivity index (χ0) is 15.6. The highest BCUT2D eigenvalue weighted by Crippen LogP contribution is 2.26. The first-order chi connectivity index (χ1) is 9.77. The molecule has 0 unspecified atom stereocenters. The fourth-order valence-electron chi connectivity index (χ4n) is 1.68. The molecule has 0 aliphatic rings. The van der Waals surface area contributed by atoms with E-state index in [9.17, 15) is 4.79 Å². The molecule has 1 N–H and O–H groups in total. The van der Waals surface area contributed by atoms with E-state index in [4.69, 9.17) is 9.63 Å². The van der Waals surface area contributed by atoms with Crippen molar-refractivity contribution in [3.8, 4) is 0 Å². The molecule has 1 aromatic heterocycles. The second-order valence-corrected chi connectivity index (χ2v) is 6.88. The van der Waals surface area contributed by atoms with E-state index in [-0.39, 0.29) is 5.41 Å². The van der Waals surface area contributed by atoms with Gasteiger partial charge in [-0.05, 0) is 24.6 Å². The third-order valence-electron chi connectivity index (χ3n) is 2.94. The molecule has 0 spiro atoms. The van der Waals surface area contributed by atoms with Gasteiger partial charge in [0.2, 0.25) is 5.89 Å². The molecule has 0 saturated carbocycles. The highest BCUT2D eigenvalue weighted by Gasteiger charge is 2.20. The van der Waals surface area contributed by atoms with E-state index in [1.54, 1.807) is 19.1 Å². The molecule has 0 aliphatic heterocycles. The van der Waals surface area contributed by atoms with Crippen LogP contribution in [0.25, 0.3) is 0 Å². The highest BCUT2D eigenvalue weighted by molar-refractivity contribution is 7.98. The van der Waals surface area contributed by atoms with E-state index in [1.165, 1.54) is 11.8 Å². The van der Waals surface area contributed by atoms with Crippen LogP contribution in [0.5, 0.6) is 0 Å². The minimum Gasteiger partial charge on any atom is -0.478 e. The van der Waals surface area contributed by atoms with Crippen molar-refractivity contribution in [2.45, 2.75) is 43.8 Å². The molecule has 1 aromatic carbocycles. The van der Waals surface area contributed by atoms with Crippen molar-refractivity contribution >= 4 is 17.7 Å². The molecule has 0 bridgehead atoms. The Hall–Kier alpha value is -1.82. The molecule has 2 rings (SSSR count). The molecule has 1 heterocycles. The van der Waals surface area contributed by atoms with E-state index in [0.29, 0.717) is 23.0 Å². The third kappa shape index (κ3) is 3.85. The van der Waals surface area contributed by atoms with Crippen molar-refractivity contribution in [2.24, 2.45) is 0 Å². The van der Waals surface area contributed by atoms with Crippen LogP contribution in [0.2, 0.25) is 0 Å². The second-order valence-electron chi connectivity index (χ2n) is 5.83. The van der Waals surface area contributed by atoms with E-state index in [0.717, 1.165) is 10.5 Å². The lowest BCUT2D eigenvalue weighted by Gasteiger charge is -2.10. The molecular weight excluding hydrogens is 288 g/mol. The summed E-state index contributed by atoms with van der Waals surface area (Å²) >= 11 is 1.48. The number of carboxylic acids is 1. The molecule has 0 atom stereocenters. The van der Waals surface area contributed by atoms with Gasteiger partial charge in [0.25, 0.3) is 0 Å². The van der Waals surface area contributed by atoms with Crippen LogP contribution in [0.15, 0.2) is 27.6 Å². The number of benzene rings is 1. The molecule has 0 fully saturated rings. The molecule has 0 radical (unpaired) electrons. The first-order valence-electron chi connectivity index (χ1n) is 6.57. The van der Waals surface area contributed by atoms with Crippen LogP contribution in [0, 0.1) is 6.92 Å². The summed E-state index contributed by atoms with van der Waals surface area (Å²) in [6.45, 7) is 7.85.